The van der Waals surface area contributed by atoms with Gasteiger partial charge in [0.1, 0.15) is 11.7 Å². The highest BCUT2D eigenvalue weighted by Crippen LogP contribution is 2.52. The summed E-state index contributed by atoms with van der Waals surface area (Å²) in [5.74, 6) is -6.95. The molecule has 2 aliphatic carbocycles. The molecule has 0 radical (unpaired) electrons. The Labute approximate surface area is 191 Å². The van der Waals surface area contributed by atoms with Gasteiger partial charge in [0, 0.05) is 24.7 Å². The largest absolute Gasteiger partial charge is 0.477 e. The van der Waals surface area contributed by atoms with Crippen LogP contribution in [0.1, 0.15) is 41.2 Å². The Morgan fingerprint density at radius 2 is 1.91 bits per heavy atom. The fourth-order valence-electron chi connectivity index (χ4n) is 5.06. The van der Waals surface area contributed by atoms with Crippen LogP contribution in [0.25, 0.3) is 10.9 Å². The van der Waals surface area contributed by atoms with Gasteiger partial charge in [0.05, 0.1) is 40.8 Å². The molecule has 2 heterocycles. The van der Waals surface area contributed by atoms with E-state index in [1.807, 2.05) is 0 Å². The van der Waals surface area contributed by atoms with Crippen molar-refractivity contribution in [1.29, 1.82) is 0 Å². The number of carboxylic acid groups (broad SMARTS) is 1. The van der Waals surface area contributed by atoms with Gasteiger partial charge in [0.15, 0.2) is 5.82 Å². The number of rotatable bonds is 4. The second-order valence-electron chi connectivity index (χ2n) is 9.26. The lowest BCUT2D eigenvalue weighted by Gasteiger charge is -2.25. The molecule has 0 amide bonds. The maximum absolute atomic E-state index is 15.5. The number of aryl methyl sites for hydroxylation is 1. The molecule has 33 heavy (non-hydrogen) atoms. The molecular formula is C21H23ClF4N4O3. The maximum atomic E-state index is 15.5. The Morgan fingerprint density at radius 1 is 1.30 bits per heavy atom. The van der Waals surface area contributed by atoms with Crippen molar-refractivity contribution >= 4 is 40.7 Å². The number of nitrogens with zero attached hydrogens (tertiary/aromatic N) is 2. The Kier molecular flexibility index (Phi) is 5.18. The minimum atomic E-state index is -3.15. The van der Waals surface area contributed by atoms with Gasteiger partial charge in [-0.3, -0.25) is 4.79 Å². The Hall–Kier alpha value is -2.53. The first-order valence-corrected chi connectivity index (χ1v) is 10.3. The molecular weight excluding hydrogens is 468 g/mol. The van der Waals surface area contributed by atoms with Gasteiger partial charge < -0.3 is 26.0 Å². The summed E-state index contributed by atoms with van der Waals surface area (Å²) >= 11 is 0. The highest BCUT2D eigenvalue weighted by atomic mass is 35.5. The molecule has 3 atom stereocenters. The Bertz CT molecular complexity index is 1250. The second kappa shape index (κ2) is 7.23. The van der Waals surface area contributed by atoms with E-state index >= 15 is 4.39 Å². The molecule has 12 heteroatoms. The zero-order valence-corrected chi connectivity index (χ0v) is 18.4. The standard InChI is InChI=1S/C21H22F4N4O3.ClH/c1-8-16-13(18(30)9(19(31)32)5-29(16)11-4-10(11)22)15(26)14(23)17(8)28-6-12(20(27)2-3-20)21(24,25)7-28;/h5,10-12H,2-4,6-7,26-27H2,1H3,(H,31,32);1H/t10-,11-,12?;/m1./s1. The minimum absolute atomic E-state index is 0. The summed E-state index contributed by atoms with van der Waals surface area (Å²) in [5, 5.41) is 9.01. The number of alkyl halides is 3. The van der Waals surface area contributed by atoms with E-state index in [1.165, 1.54) is 16.4 Å². The molecule has 2 aromatic rings. The summed E-state index contributed by atoms with van der Waals surface area (Å²) in [6.07, 6.45) is 0.747. The molecule has 1 saturated heterocycles. The van der Waals surface area contributed by atoms with E-state index in [4.69, 9.17) is 11.5 Å². The second-order valence-corrected chi connectivity index (χ2v) is 9.26. The van der Waals surface area contributed by atoms with Crippen molar-refractivity contribution in [2.24, 2.45) is 11.7 Å². The fourth-order valence-corrected chi connectivity index (χ4v) is 5.06. The van der Waals surface area contributed by atoms with Crippen LogP contribution in [-0.2, 0) is 0 Å². The lowest BCUT2D eigenvalue weighted by Crippen LogP contribution is -2.43. The molecule has 2 saturated carbocycles. The van der Waals surface area contributed by atoms with Crippen LogP contribution in [0.15, 0.2) is 11.0 Å². The summed E-state index contributed by atoms with van der Waals surface area (Å²) in [6.45, 7) is 0.470. The maximum Gasteiger partial charge on any atom is 0.341 e. The third kappa shape index (κ3) is 3.35. The predicted molar refractivity (Wildman–Crippen MR) is 117 cm³/mol. The Balaban J connectivity index is 0.00000259. The van der Waals surface area contributed by atoms with Crippen LogP contribution in [0, 0.1) is 18.7 Å². The predicted octanol–water partition coefficient (Wildman–Crippen LogP) is 3.00. The Morgan fingerprint density at radius 3 is 2.42 bits per heavy atom. The van der Waals surface area contributed by atoms with Crippen LogP contribution >= 0.6 is 12.4 Å². The number of nitrogen functional groups attached to an aromatic ring is 1. The van der Waals surface area contributed by atoms with E-state index in [-0.39, 0.29) is 47.5 Å². The molecule has 5 N–H and O–H groups in total. The molecule has 7 nitrogen and oxygen atoms in total. The van der Waals surface area contributed by atoms with Gasteiger partial charge in [-0.15, -0.1) is 12.4 Å². The number of aromatic carboxylic acids is 1. The van der Waals surface area contributed by atoms with Gasteiger partial charge in [-0.2, -0.15) is 0 Å². The topological polar surface area (TPSA) is 115 Å². The van der Waals surface area contributed by atoms with Crippen LogP contribution in [0.5, 0.6) is 0 Å². The number of fused-ring (bicyclic) bond motifs is 1. The smallest absolute Gasteiger partial charge is 0.341 e. The van der Waals surface area contributed by atoms with Crippen LogP contribution in [-0.4, -0.2) is 46.4 Å². The van der Waals surface area contributed by atoms with Crippen molar-refractivity contribution < 1.29 is 27.5 Å². The summed E-state index contributed by atoms with van der Waals surface area (Å²) in [4.78, 5) is 25.6. The van der Waals surface area contributed by atoms with Crippen LogP contribution in [0.4, 0.5) is 28.9 Å². The van der Waals surface area contributed by atoms with Crippen molar-refractivity contribution in [2.75, 3.05) is 23.7 Å². The molecule has 1 aliphatic heterocycles. The third-order valence-corrected chi connectivity index (χ3v) is 7.08. The highest BCUT2D eigenvalue weighted by molar-refractivity contribution is 6.01. The number of pyridine rings is 1. The molecule has 1 unspecified atom stereocenters. The lowest BCUT2D eigenvalue weighted by atomic mass is 9.94. The van der Waals surface area contributed by atoms with Crippen molar-refractivity contribution in [3.05, 3.63) is 33.4 Å². The van der Waals surface area contributed by atoms with E-state index in [9.17, 15) is 27.9 Å². The number of carboxylic acids is 1. The number of halogens is 5. The third-order valence-electron chi connectivity index (χ3n) is 7.08. The molecule has 5 rings (SSSR count). The first kappa shape index (κ1) is 23.6. The number of hydrogen-bond acceptors (Lipinski definition) is 5. The van der Waals surface area contributed by atoms with Gasteiger partial charge in [0.2, 0.25) is 5.43 Å². The average molecular weight is 491 g/mol. The number of anilines is 2. The summed E-state index contributed by atoms with van der Waals surface area (Å²) < 4.78 is 60.3. The highest BCUT2D eigenvalue weighted by Gasteiger charge is 2.61. The average Bonchev–Trinajstić information content (AvgIpc) is 3.59. The molecule has 0 bridgehead atoms. The van der Waals surface area contributed by atoms with Crippen LogP contribution < -0.4 is 21.8 Å². The van der Waals surface area contributed by atoms with E-state index in [1.54, 1.807) is 0 Å². The summed E-state index contributed by atoms with van der Waals surface area (Å²) in [6, 6.07) is -0.751. The van der Waals surface area contributed by atoms with Crippen molar-refractivity contribution in [1.82, 2.24) is 4.57 Å². The molecule has 1 aromatic carbocycles. The number of aromatic nitrogens is 1. The summed E-state index contributed by atoms with van der Waals surface area (Å²) in [7, 11) is 0. The molecule has 3 fully saturated rings. The van der Waals surface area contributed by atoms with Crippen molar-refractivity contribution in [3.8, 4) is 0 Å². The zero-order valence-electron chi connectivity index (χ0n) is 17.6. The van der Waals surface area contributed by atoms with E-state index in [0.717, 1.165) is 6.20 Å². The zero-order chi connectivity index (χ0) is 23.3. The van der Waals surface area contributed by atoms with E-state index in [0.29, 0.717) is 12.8 Å². The molecule has 3 aliphatic rings. The molecule has 0 spiro atoms. The van der Waals surface area contributed by atoms with Gasteiger partial charge >= 0.3 is 5.97 Å². The number of carbonyl (C=O) groups is 1. The van der Waals surface area contributed by atoms with E-state index in [2.05, 4.69) is 0 Å². The summed E-state index contributed by atoms with van der Waals surface area (Å²) in [5.41, 5.74) is 8.65. The van der Waals surface area contributed by atoms with Gasteiger partial charge in [-0.1, -0.05) is 0 Å². The fraction of sp³-hybridized carbons (Fsp3) is 0.524. The number of benzene rings is 1. The minimum Gasteiger partial charge on any atom is -0.477 e. The van der Waals surface area contributed by atoms with Crippen LogP contribution in [0.2, 0.25) is 0 Å². The first-order valence-electron chi connectivity index (χ1n) is 10.3. The number of hydrogen-bond donors (Lipinski definition) is 3. The number of nitrogens with two attached hydrogens (primary N) is 2. The first-order chi connectivity index (χ1) is 14.9. The molecule has 180 valence electrons. The molecule has 1 aromatic heterocycles. The van der Waals surface area contributed by atoms with Gasteiger partial charge in [0.25, 0.3) is 5.92 Å². The van der Waals surface area contributed by atoms with Crippen molar-refractivity contribution in [3.63, 3.8) is 0 Å². The van der Waals surface area contributed by atoms with Gasteiger partial charge in [-0.05, 0) is 25.3 Å². The normalized spacial score (nSPS) is 26.8. The lowest BCUT2D eigenvalue weighted by molar-refractivity contribution is -0.0332. The van der Waals surface area contributed by atoms with Crippen LogP contribution in [0.3, 0.4) is 0 Å². The quantitative estimate of drug-likeness (QED) is 0.448. The van der Waals surface area contributed by atoms with E-state index < -0.39 is 64.6 Å². The monoisotopic (exact) mass is 490 g/mol. The van der Waals surface area contributed by atoms with Gasteiger partial charge in [-0.25, -0.2) is 22.4 Å². The van der Waals surface area contributed by atoms with Crippen molar-refractivity contribution in [2.45, 2.75) is 49.9 Å². The SMILES string of the molecule is Cc1c(N2CC(C3(N)CC3)C(F)(F)C2)c(F)c(N)c2c(=O)c(C(=O)O)cn([C@@H]3C[C@H]3F)c12.Cl.